The smallest absolute Gasteiger partial charge is 0.270 e. The highest BCUT2D eigenvalue weighted by Gasteiger charge is 2.22. The molecule has 7 heteroatoms. The van der Waals surface area contributed by atoms with Crippen molar-refractivity contribution >= 4 is 29.0 Å². The summed E-state index contributed by atoms with van der Waals surface area (Å²) in [5, 5.41) is 14.0. The van der Waals surface area contributed by atoms with Crippen LogP contribution in [0, 0.1) is 15.5 Å². The molecule has 2 aromatic rings. The van der Waals surface area contributed by atoms with Gasteiger partial charge in [-0.3, -0.25) is 14.9 Å². The average Bonchev–Trinajstić information content (AvgIpc) is 2.59. The van der Waals surface area contributed by atoms with E-state index in [4.69, 9.17) is 4.74 Å². The van der Waals surface area contributed by atoms with Crippen LogP contribution in [0.2, 0.25) is 0 Å². The average molecular weight is 374 g/mol. The number of nitro benzene ring substituents is 1. The molecule has 0 radical (unpaired) electrons. The summed E-state index contributed by atoms with van der Waals surface area (Å²) in [7, 11) is 1.53. The molecule has 2 aromatic carbocycles. The minimum Gasteiger partial charge on any atom is -0.496 e. The molecule has 0 saturated heterocycles. The molecule has 26 heavy (non-hydrogen) atoms. The van der Waals surface area contributed by atoms with Crippen molar-refractivity contribution in [2.75, 3.05) is 12.4 Å². The Balaban J connectivity index is 2.21. The van der Waals surface area contributed by atoms with Crippen molar-refractivity contribution in [1.29, 1.82) is 0 Å². The van der Waals surface area contributed by atoms with E-state index in [9.17, 15) is 14.9 Å². The lowest BCUT2D eigenvalue weighted by Gasteiger charge is -2.19. The summed E-state index contributed by atoms with van der Waals surface area (Å²) in [4.78, 5) is 23.7. The molecule has 0 spiro atoms. The first-order chi connectivity index (χ1) is 12.2. The van der Waals surface area contributed by atoms with E-state index in [1.807, 2.05) is 45.0 Å². The number of carbonyl (C=O) groups is 1. The molecule has 138 valence electrons. The normalized spacial score (nSPS) is 11.1. The van der Waals surface area contributed by atoms with Gasteiger partial charge in [0.25, 0.3) is 5.69 Å². The maximum atomic E-state index is 12.3. The van der Waals surface area contributed by atoms with E-state index in [2.05, 4.69) is 5.32 Å². The van der Waals surface area contributed by atoms with Gasteiger partial charge in [-0.15, -0.1) is 11.8 Å². The molecule has 0 bridgehead atoms. The van der Waals surface area contributed by atoms with Crippen molar-refractivity contribution in [3.8, 4) is 5.75 Å². The minimum atomic E-state index is -0.499. The highest BCUT2D eigenvalue weighted by atomic mass is 32.2. The second-order valence-electron chi connectivity index (χ2n) is 6.74. The third-order valence-electron chi connectivity index (χ3n) is 3.67. The van der Waals surface area contributed by atoms with Crippen molar-refractivity contribution in [1.82, 2.24) is 0 Å². The van der Waals surface area contributed by atoms with Crippen molar-refractivity contribution < 1.29 is 14.5 Å². The number of anilines is 1. The Morgan fingerprint density at radius 3 is 2.54 bits per heavy atom. The number of thioether (sulfide) groups is 1. The van der Waals surface area contributed by atoms with Crippen LogP contribution < -0.4 is 10.1 Å². The van der Waals surface area contributed by atoms with Crippen LogP contribution in [0.4, 0.5) is 11.4 Å². The van der Waals surface area contributed by atoms with Crippen LogP contribution in [0.15, 0.2) is 47.4 Å². The van der Waals surface area contributed by atoms with Gasteiger partial charge in [-0.2, -0.15) is 0 Å². The lowest BCUT2D eigenvalue weighted by Crippen LogP contribution is -2.27. The molecule has 0 aromatic heterocycles. The summed E-state index contributed by atoms with van der Waals surface area (Å²) in [6.45, 7) is 5.56. The highest BCUT2D eigenvalue weighted by Crippen LogP contribution is 2.34. The topological polar surface area (TPSA) is 81.5 Å². The molecule has 0 saturated carbocycles. The molecular weight excluding hydrogens is 352 g/mol. The zero-order valence-electron chi connectivity index (χ0n) is 15.2. The fourth-order valence-corrected chi connectivity index (χ4v) is 3.14. The zero-order valence-corrected chi connectivity index (χ0v) is 16.1. The van der Waals surface area contributed by atoms with Gasteiger partial charge in [-0.05, 0) is 18.2 Å². The number of methoxy groups -OCH3 is 1. The first-order valence-electron chi connectivity index (χ1n) is 8.07. The van der Waals surface area contributed by atoms with Gasteiger partial charge < -0.3 is 10.1 Å². The molecule has 0 atom stereocenters. The SMILES string of the molecule is COc1ccc([N+](=O)[O-])cc1CSc1ccccc1NC(=O)C(C)(C)C. The van der Waals surface area contributed by atoms with E-state index >= 15 is 0 Å². The summed E-state index contributed by atoms with van der Waals surface area (Å²) in [5.74, 6) is 1.01. The zero-order chi connectivity index (χ0) is 19.3. The molecule has 0 aliphatic carbocycles. The van der Waals surface area contributed by atoms with Gasteiger partial charge in [0, 0.05) is 33.8 Å². The van der Waals surface area contributed by atoms with E-state index in [-0.39, 0.29) is 11.6 Å². The van der Waals surface area contributed by atoms with Gasteiger partial charge in [-0.1, -0.05) is 32.9 Å². The first kappa shape index (κ1) is 19.8. The Bertz CT molecular complexity index is 815. The van der Waals surface area contributed by atoms with Crippen LogP contribution in [-0.4, -0.2) is 17.9 Å². The second kappa shape index (κ2) is 8.23. The number of nitrogens with one attached hydrogen (secondary N) is 1. The summed E-state index contributed by atoms with van der Waals surface area (Å²) >= 11 is 1.49. The monoisotopic (exact) mass is 374 g/mol. The van der Waals surface area contributed by atoms with Crippen molar-refractivity contribution in [3.63, 3.8) is 0 Å². The fourth-order valence-electron chi connectivity index (χ4n) is 2.15. The van der Waals surface area contributed by atoms with Gasteiger partial charge in [-0.25, -0.2) is 0 Å². The number of non-ortho nitro benzene ring substituents is 1. The van der Waals surface area contributed by atoms with Gasteiger partial charge in [0.15, 0.2) is 0 Å². The number of amides is 1. The van der Waals surface area contributed by atoms with Crippen LogP contribution in [0.25, 0.3) is 0 Å². The standard InChI is InChI=1S/C19H22N2O4S/c1-19(2,3)18(22)20-15-7-5-6-8-17(15)26-12-13-11-14(21(23)24)9-10-16(13)25-4/h5-11H,12H2,1-4H3,(H,20,22). The Morgan fingerprint density at radius 1 is 1.23 bits per heavy atom. The van der Waals surface area contributed by atoms with Crippen LogP contribution in [-0.2, 0) is 10.5 Å². The maximum Gasteiger partial charge on any atom is 0.270 e. The Morgan fingerprint density at radius 2 is 1.92 bits per heavy atom. The van der Waals surface area contributed by atoms with Crippen molar-refractivity contribution in [2.45, 2.75) is 31.4 Å². The van der Waals surface area contributed by atoms with E-state index in [0.717, 1.165) is 16.1 Å². The lowest BCUT2D eigenvalue weighted by molar-refractivity contribution is -0.384. The van der Waals surface area contributed by atoms with E-state index in [0.29, 0.717) is 11.5 Å². The molecule has 0 heterocycles. The molecule has 1 N–H and O–H groups in total. The van der Waals surface area contributed by atoms with E-state index < -0.39 is 10.3 Å². The largest absolute Gasteiger partial charge is 0.496 e. The predicted molar refractivity (Wildman–Crippen MR) is 104 cm³/mol. The number of hydrogen-bond acceptors (Lipinski definition) is 5. The number of nitro groups is 1. The summed E-state index contributed by atoms with van der Waals surface area (Å²) in [6, 6.07) is 12.0. The third kappa shape index (κ3) is 4.98. The minimum absolute atomic E-state index is 0.0238. The Kier molecular flexibility index (Phi) is 6.26. The van der Waals surface area contributed by atoms with E-state index in [1.165, 1.54) is 31.0 Å². The molecular formula is C19H22N2O4S. The van der Waals surface area contributed by atoms with Crippen LogP contribution in [0.5, 0.6) is 5.75 Å². The lowest BCUT2D eigenvalue weighted by atomic mass is 9.95. The molecule has 0 aliphatic rings. The highest BCUT2D eigenvalue weighted by molar-refractivity contribution is 7.98. The van der Waals surface area contributed by atoms with Gasteiger partial charge in [0.1, 0.15) is 5.75 Å². The Hall–Kier alpha value is -2.54. The van der Waals surface area contributed by atoms with Gasteiger partial charge in [0.2, 0.25) is 5.91 Å². The van der Waals surface area contributed by atoms with Crippen LogP contribution in [0.3, 0.4) is 0 Å². The fraction of sp³-hybridized carbons (Fsp3) is 0.316. The number of para-hydroxylation sites is 1. The molecule has 2 rings (SSSR count). The molecule has 1 amide bonds. The number of ether oxygens (including phenoxy) is 1. The predicted octanol–water partition coefficient (Wildman–Crippen LogP) is 4.88. The summed E-state index contributed by atoms with van der Waals surface area (Å²) < 4.78 is 5.30. The second-order valence-corrected chi connectivity index (χ2v) is 7.76. The number of hydrogen-bond donors (Lipinski definition) is 1. The molecule has 0 fully saturated rings. The summed E-state index contributed by atoms with van der Waals surface area (Å²) in [6.07, 6.45) is 0. The first-order valence-corrected chi connectivity index (χ1v) is 9.05. The quantitative estimate of drug-likeness (QED) is 0.443. The van der Waals surface area contributed by atoms with E-state index in [1.54, 1.807) is 6.07 Å². The molecule has 0 unspecified atom stereocenters. The van der Waals surface area contributed by atoms with Crippen LogP contribution >= 0.6 is 11.8 Å². The number of carbonyl (C=O) groups excluding carboxylic acids is 1. The number of benzene rings is 2. The van der Waals surface area contributed by atoms with Gasteiger partial charge in [0.05, 0.1) is 17.7 Å². The van der Waals surface area contributed by atoms with Crippen molar-refractivity contribution in [2.24, 2.45) is 5.41 Å². The molecule has 0 aliphatic heterocycles. The van der Waals surface area contributed by atoms with Gasteiger partial charge >= 0.3 is 0 Å². The third-order valence-corrected chi connectivity index (χ3v) is 4.80. The number of nitrogens with zero attached hydrogens (tertiary/aromatic N) is 1. The van der Waals surface area contributed by atoms with Crippen LogP contribution in [0.1, 0.15) is 26.3 Å². The number of rotatable bonds is 6. The van der Waals surface area contributed by atoms with Crippen molar-refractivity contribution in [3.05, 3.63) is 58.1 Å². The summed E-state index contributed by atoms with van der Waals surface area (Å²) in [5.41, 5.74) is 0.974. The molecule has 6 nitrogen and oxygen atoms in total. The maximum absolute atomic E-state index is 12.3. The Labute approximate surface area is 157 Å².